The average molecular weight is 236 g/mol. The zero-order valence-corrected chi connectivity index (χ0v) is 9.15. The van der Waals surface area contributed by atoms with Crippen molar-refractivity contribution in [3.8, 4) is 0 Å². The third-order valence-corrected chi connectivity index (χ3v) is 2.33. The Hall–Kier alpha value is -1.65. The molecule has 2 N–H and O–H groups in total. The van der Waals surface area contributed by atoms with Crippen LogP contribution >= 0.6 is 11.6 Å². The Morgan fingerprint density at radius 1 is 1.25 bits per heavy atom. The van der Waals surface area contributed by atoms with E-state index in [9.17, 15) is 0 Å². The first-order valence-electron chi connectivity index (χ1n) is 4.74. The molecule has 0 aliphatic heterocycles. The molecule has 0 fully saturated rings. The van der Waals surface area contributed by atoms with Gasteiger partial charge in [-0.2, -0.15) is 0 Å². The van der Waals surface area contributed by atoms with Crippen LogP contribution < -0.4 is 5.32 Å². The molecule has 0 spiro atoms. The number of rotatable bonds is 3. The minimum absolute atomic E-state index is 0.111. The molecule has 1 heterocycles. The molecule has 2 aromatic rings. The van der Waals surface area contributed by atoms with Gasteiger partial charge in [0.1, 0.15) is 0 Å². The van der Waals surface area contributed by atoms with Crippen molar-refractivity contribution < 1.29 is 5.11 Å². The third kappa shape index (κ3) is 2.48. The molecule has 0 aliphatic rings. The van der Waals surface area contributed by atoms with Crippen LogP contribution in [0.25, 0.3) is 0 Å². The van der Waals surface area contributed by atoms with Crippen LogP contribution in [0.4, 0.5) is 11.6 Å². The zero-order valence-electron chi connectivity index (χ0n) is 8.39. The molecular formula is C11H10ClN3O. The molecule has 82 valence electrons. The molecular weight excluding hydrogens is 226 g/mol. The van der Waals surface area contributed by atoms with Crippen molar-refractivity contribution in [1.29, 1.82) is 0 Å². The van der Waals surface area contributed by atoms with E-state index in [2.05, 4.69) is 15.3 Å². The number of hydrogen-bond acceptors (Lipinski definition) is 4. The highest BCUT2D eigenvalue weighted by atomic mass is 35.5. The van der Waals surface area contributed by atoms with Crippen LogP contribution in [-0.2, 0) is 6.61 Å². The summed E-state index contributed by atoms with van der Waals surface area (Å²) in [6.07, 6.45) is 1.58. The van der Waals surface area contributed by atoms with Crippen LogP contribution in [0.5, 0.6) is 0 Å². The van der Waals surface area contributed by atoms with Crippen molar-refractivity contribution >= 4 is 23.2 Å². The Kier molecular flexibility index (Phi) is 3.34. The van der Waals surface area contributed by atoms with Gasteiger partial charge in [0.05, 0.1) is 23.0 Å². The number of halogens is 1. The van der Waals surface area contributed by atoms with Crippen LogP contribution in [0.3, 0.4) is 0 Å². The maximum absolute atomic E-state index is 8.94. The second kappa shape index (κ2) is 4.92. The summed E-state index contributed by atoms with van der Waals surface area (Å²) < 4.78 is 0. The Bertz CT molecular complexity index is 490. The predicted molar refractivity (Wildman–Crippen MR) is 62.7 cm³/mol. The number of hydrogen-bond donors (Lipinski definition) is 2. The smallest absolute Gasteiger partial charge is 0.227 e. The SMILES string of the molecule is OCc1ccnc(Nc2ccccc2Cl)n1. The third-order valence-electron chi connectivity index (χ3n) is 2.00. The first kappa shape index (κ1) is 10.9. The minimum Gasteiger partial charge on any atom is -0.390 e. The summed E-state index contributed by atoms with van der Waals surface area (Å²) in [5, 5.41) is 12.5. The topological polar surface area (TPSA) is 58.0 Å². The lowest BCUT2D eigenvalue weighted by Crippen LogP contribution is -1.99. The van der Waals surface area contributed by atoms with Crippen LogP contribution in [0.2, 0.25) is 5.02 Å². The number of nitrogens with zero attached hydrogens (tertiary/aromatic N) is 2. The maximum Gasteiger partial charge on any atom is 0.227 e. The summed E-state index contributed by atoms with van der Waals surface area (Å²) in [6.45, 7) is -0.111. The average Bonchev–Trinajstić information content (AvgIpc) is 2.32. The lowest BCUT2D eigenvalue weighted by Gasteiger charge is -2.06. The van der Waals surface area contributed by atoms with E-state index in [0.717, 1.165) is 5.69 Å². The van der Waals surface area contributed by atoms with Crippen molar-refractivity contribution in [2.45, 2.75) is 6.61 Å². The van der Waals surface area contributed by atoms with Gasteiger partial charge in [-0.15, -0.1) is 0 Å². The van der Waals surface area contributed by atoms with Crippen molar-refractivity contribution in [2.75, 3.05) is 5.32 Å². The van der Waals surface area contributed by atoms with Gasteiger partial charge >= 0.3 is 0 Å². The van der Waals surface area contributed by atoms with Gasteiger partial charge in [-0.3, -0.25) is 0 Å². The predicted octanol–water partition coefficient (Wildman–Crippen LogP) is 2.37. The number of aromatic nitrogens is 2. The highest BCUT2D eigenvalue weighted by molar-refractivity contribution is 6.33. The minimum atomic E-state index is -0.111. The normalized spacial score (nSPS) is 10.1. The van der Waals surface area contributed by atoms with Crippen LogP contribution in [-0.4, -0.2) is 15.1 Å². The molecule has 0 unspecified atom stereocenters. The number of anilines is 2. The fourth-order valence-corrected chi connectivity index (χ4v) is 1.41. The van der Waals surface area contributed by atoms with E-state index >= 15 is 0 Å². The van der Waals surface area contributed by atoms with E-state index in [1.165, 1.54) is 0 Å². The van der Waals surface area contributed by atoms with Gasteiger partial charge in [0.15, 0.2) is 0 Å². The first-order chi connectivity index (χ1) is 7.79. The molecule has 2 rings (SSSR count). The maximum atomic E-state index is 8.94. The summed E-state index contributed by atoms with van der Waals surface area (Å²) in [6, 6.07) is 8.97. The number of aliphatic hydroxyl groups excluding tert-OH is 1. The van der Waals surface area contributed by atoms with Gasteiger partial charge in [0, 0.05) is 6.20 Å². The molecule has 4 nitrogen and oxygen atoms in total. The molecule has 0 radical (unpaired) electrons. The second-order valence-corrected chi connectivity index (χ2v) is 3.54. The Balaban J connectivity index is 2.24. The van der Waals surface area contributed by atoms with Gasteiger partial charge in [-0.05, 0) is 18.2 Å². The van der Waals surface area contributed by atoms with Crippen molar-refractivity contribution in [2.24, 2.45) is 0 Å². The van der Waals surface area contributed by atoms with Gasteiger partial charge in [0.2, 0.25) is 5.95 Å². The van der Waals surface area contributed by atoms with E-state index in [4.69, 9.17) is 16.7 Å². The highest BCUT2D eigenvalue weighted by Gasteiger charge is 2.02. The van der Waals surface area contributed by atoms with E-state index in [1.54, 1.807) is 18.3 Å². The lowest BCUT2D eigenvalue weighted by atomic mass is 10.3. The number of para-hydroxylation sites is 1. The zero-order chi connectivity index (χ0) is 11.4. The molecule has 0 bridgehead atoms. The van der Waals surface area contributed by atoms with Crippen LogP contribution in [0.1, 0.15) is 5.69 Å². The number of nitrogens with one attached hydrogen (secondary N) is 1. The van der Waals surface area contributed by atoms with E-state index in [-0.39, 0.29) is 6.61 Å². The second-order valence-electron chi connectivity index (χ2n) is 3.13. The summed E-state index contributed by atoms with van der Waals surface area (Å²) in [5.74, 6) is 0.416. The summed E-state index contributed by atoms with van der Waals surface area (Å²) >= 11 is 5.98. The standard InChI is InChI=1S/C11H10ClN3O/c12-9-3-1-2-4-10(9)15-11-13-6-5-8(7-16)14-11/h1-6,16H,7H2,(H,13,14,15). The van der Waals surface area contributed by atoms with E-state index < -0.39 is 0 Å². The first-order valence-corrected chi connectivity index (χ1v) is 5.12. The Morgan fingerprint density at radius 3 is 2.81 bits per heavy atom. The van der Waals surface area contributed by atoms with Gasteiger partial charge in [-0.25, -0.2) is 9.97 Å². The van der Waals surface area contributed by atoms with E-state index in [0.29, 0.717) is 16.7 Å². The highest BCUT2D eigenvalue weighted by Crippen LogP contribution is 2.22. The Labute approximate surface area is 97.9 Å². The quantitative estimate of drug-likeness (QED) is 0.858. The summed E-state index contributed by atoms with van der Waals surface area (Å²) in [7, 11) is 0. The fourth-order valence-electron chi connectivity index (χ4n) is 1.23. The monoisotopic (exact) mass is 235 g/mol. The number of benzene rings is 1. The largest absolute Gasteiger partial charge is 0.390 e. The molecule has 16 heavy (non-hydrogen) atoms. The summed E-state index contributed by atoms with van der Waals surface area (Å²) in [5.41, 5.74) is 1.30. The molecule has 0 saturated heterocycles. The molecule has 1 aromatic carbocycles. The molecule has 0 saturated carbocycles. The van der Waals surface area contributed by atoms with Gasteiger partial charge in [0.25, 0.3) is 0 Å². The molecule has 0 aliphatic carbocycles. The molecule has 0 atom stereocenters. The fraction of sp³-hybridized carbons (Fsp3) is 0.0909. The molecule has 5 heteroatoms. The van der Waals surface area contributed by atoms with Crippen LogP contribution in [0, 0.1) is 0 Å². The van der Waals surface area contributed by atoms with Crippen molar-refractivity contribution in [1.82, 2.24) is 9.97 Å². The Morgan fingerprint density at radius 2 is 2.06 bits per heavy atom. The van der Waals surface area contributed by atoms with Gasteiger partial charge < -0.3 is 10.4 Å². The number of aliphatic hydroxyl groups is 1. The lowest BCUT2D eigenvalue weighted by molar-refractivity contribution is 0.277. The van der Waals surface area contributed by atoms with Crippen LogP contribution in [0.15, 0.2) is 36.5 Å². The van der Waals surface area contributed by atoms with E-state index in [1.807, 2.05) is 18.2 Å². The molecule has 1 aromatic heterocycles. The van der Waals surface area contributed by atoms with Crippen molar-refractivity contribution in [3.63, 3.8) is 0 Å². The summed E-state index contributed by atoms with van der Waals surface area (Å²) in [4.78, 5) is 8.13. The van der Waals surface area contributed by atoms with Gasteiger partial charge in [-0.1, -0.05) is 23.7 Å². The van der Waals surface area contributed by atoms with Crippen molar-refractivity contribution in [3.05, 3.63) is 47.2 Å². The molecule has 0 amide bonds.